The summed E-state index contributed by atoms with van der Waals surface area (Å²) in [4.78, 5) is 42.1. The molecule has 8 unspecified atom stereocenters. The molecule has 0 N–H and O–H groups in total. The molecule has 9 rings (SSSR count). The maximum atomic E-state index is 14.9. The van der Waals surface area contributed by atoms with E-state index in [0.29, 0.717) is 77.8 Å². The van der Waals surface area contributed by atoms with Crippen molar-refractivity contribution in [1.29, 1.82) is 0 Å². The van der Waals surface area contributed by atoms with Crippen molar-refractivity contribution < 1.29 is 51.6 Å². The molecule has 6 saturated carbocycles. The first-order chi connectivity index (χ1) is 23.9. The first-order valence-electron chi connectivity index (χ1n) is 19.7. The largest absolute Gasteiger partial charge is 0.346 e. The quantitative estimate of drug-likeness (QED) is 0.326. The van der Waals surface area contributed by atoms with Crippen molar-refractivity contribution in [3.05, 3.63) is 0 Å². The lowest BCUT2D eigenvalue weighted by atomic mass is 9.50. The van der Waals surface area contributed by atoms with Crippen LogP contribution in [-0.4, -0.2) is 80.3 Å². The molecule has 0 aromatic carbocycles. The molecule has 8 atom stereocenters. The van der Waals surface area contributed by atoms with E-state index in [4.69, 9.17) is 28.4 Å². The second-order valence-corrected chi connectivity index (χ2v) is 17.8. The van der Waals surface area contributed by atoms with Crippen molar-refractivity contribution in [2.45, 2.75) is 139 Å². The van der Waals surface area contributed by atoms with Crippen LogP contribution in [0, 0.1) is 45.8 Å². The van der Waals surface area contributed by atoms with E-state index in [1.54, 1.807) is 0 Å². The summed E-state index contributed by atoms with van der Waals surface area (Å²) < 4.78 is 67.9. The third-order valence-electron chi connectivity index (χ3n) is 15.8. The molecule has 0 aromatic rings. The summed E-state index contributed by atoms with van der Waals surface area (Å²) in [6.45, 7) is 4.73. The molecule has 3 heterocycles. The maximum Gasteiger partial charge on any atom is 0.249 e. The summed E-state index contributed by atoms with van der Waals surface area (Å²) in [7, 11) is 0. The molecule has 0 radical (unpaired) electrons. The number of alkyl halides is 2. The van der Waals surface area contributed by atoms with Crippen molar-refractivity contribution in [3.8, 4) is 0 Å². The highest BCUT2D eigenvalue weighted by molar-refractivity contribution is 5.89. The van der Waals surface area contributed by atoms with Gasteiger partial charge in [0.25, 0.3) is 0 Å². The van der Waals surface area contributed by atoms with Gasteiger partial charge in [0.1, 0.15) is 17.3 Å². The van der Waals surface area contributed by atoms with Gasteiger partial charge in [-0.05, 0) is 81.0 Å². The number of hydrogen-bond acceptors (Lipinski definition) is 9. The van der Waals surface area contributed by atoms with Crippen LogP contribution < -0.4 is 0 Å². The zero-order valence-electron chi connectivity index (χ0n) is 29.6. The second kappa shape index (κ2) is 11.8. The number of ether oxygens (including phenoxy) is 6. The number of halogens is 2. The number of fused-ring (bicyclic) bond motifs is 3. The molecule has 6 spiro atoms. The fourth-order valence-electron chi connectivity index (χ4n) is 13.5. The minimum atomic E-state index is -2.93. The van der Waals surface area contributed by atoms with Crippen LogP contribution in [0.4, 0.5) is 8.78 Å². The van der Waals surface area contributed by atoms with Gasteiger partial charge in [0, 0.05) is 51.4 Å². The summed E-state index contributed by atoms with van der Waals surface area (Å²) in [5.41, 5.74) is -2.70. The van der Waals surface area contributed by atoms with Gasteiger partial charge < -0.3 is 28.4 Å². The Kier molecular flexibility index (Phi) is 8.13. The molecule has 11 heteroatoms. The Labute approximate surface area is 293 Å². The summed E-state index contributed by atoms with van der Waals surface area (Å²) in [6, 6.07) is 0. The van der Waals surface area contributed by atoms with Gasteiger partial charge in [0.2, 0.25) is 5.92 Å². The average molecular weight is 705 g/mol. The maximum absolute atomic E-state index is 14.9. The normalized spacial score (nSPS) is 46.4. The van der Waals surface area contributed by atoms with Crippen molar-refractivity contribution in [3.63, 3.8) is 0 Å². The fraction of sp³-hybridized carbons (Fsp3) is 0.923. The average Bonchev–Trinajstić information content (AvgIpc) is 3.91. The SMILES string of the molecule is CC1CC2(CCC(C3CC(=O)C4(CCCCC45OCCO5)C3)CC23OCCO3)C(=O)CC1C1CCC2(CC(F)(F)CCC2=O)C2(C1)OCCO2. The van der Waals surface area contributed by atoms with Crippen molar-refractivity contribution >= 4 is 17.3 Å². The van der Waals surface area contributed by atoms with Gasteiger partial charge in [-0.25, -0.2) is 8.78 Å². The van der Waals surface area contributed by atoms with Gasteiger partial charge in [0.15, 0.2) is 17.4 Å². The lowest BCUT2D eigenvalue weighted by molar-refractivity contribution is -0.285. The number of rotatable bonds is 2. The fourth-order valence-corrected chi connectivity index (χ4v) is 13.5. The summed E-state index contributed by atoms with van der Waals surface area (Å²) in [6.07, 6.45) is 8.12. The van der Waals surface area contributed by atoms with E-state index in [1.807, 2.05) is 0 Å². The highest BCUT2D eigenvalue weighted by Gasteiger charge is 2.71. The Morgan fingerprint density at radius 1 is 0.540 bits per heavy atom. The summed E-state index contributed by atoms with van der Waals surface area (Å²) >= 11 is 0. The van der Waals surface area contributed by atoms with Gasteiger partial charge in [-0.15, -0.1) is 0 Å². The first kappa shape index (κ1) is 34.4. The molecule has 3 saturated heterocycles. The third kappa shape index (κ3) is 4.71. The van der Waals surface area contributed by atoms with Gasteiger partial charge in [-0.2, -0.15) is 0 Å². The Morgan fingerprint density at radius 2 is 1.08 bits per heavy atom. The number of Topliss-reactive ketones (excluding diaryl/α,β-unsaturated/α-hetero) is 3. The number of hydrogen-bond donors (Lipinski definition) is 0. The molecule has 6 aliphatic carbocycles. The molecular weight excluding hydrogens is 650 g/mol. The van der Waals surface area contributed by atoms with Gasteiger partial charge in [0.05, 0.1) is 55.9 Å². The minimum Gasteiger partial charge on any atom is -0.346 e. The molecule has 0 aromatic heterocycles. The monoisotopic (exact) mass is 704 g/mol. The number of carbonyl (C=O) groups excluding carboxylic acids is 3. The highest BCUT2D eigenvalue weighted by Crippen LogP contribution is 2.66. The van der Waals surface area contributed by atoms with Crippen molar-refractivity contribution in [2.75, 3.05) is 39.6 Å². The van der Waals surface area contributed by atoms with E-state index in [2.05, 4.69) is 6.92 Å². The smallest absolute Gasteiger partial charge is 0.249 e. The van der Waals surface area contributed by atoms with Crippen LogP contribution >= 0.6 is 0 Å². The topological polar surface area (TPSA) is 107 Å². The molecule has 278 valence electrons. The highest BCUT2D eigenvalue weighted by atomic mass is 19.3. The zero-order valence-corrected chi connectivity index (χ0v) is 29.6. The second-order valence-electron chi connectivity index (χ2n) is 17.8. The summed E-state index contributed by atoms with van der Waals surface area (Å²) in [5, 5.41) is 0. The van der Waals surface area contributed by atoms with Gasteiger partial charge >= 0.3 is 0 Å². The van der Waals surface area contributed by atoms with Crippen LogP contribution in [0.3, 0.4) is 0 Å². The van der Waals surface area contributed by atoms with E-state index >= 15 is 0 Å². The third-order valence-corrected chi connectivity index (χ3v) is 15.8. The molecule has 9 nitrogen and oxygen atoms in total. The Bertz CT molecular complexity index is 1400. The lowest BCUT2D eigenvalue weighted by Crippen LogP contribution is -2.64. The van der Waals surface area contributed by atoms with Crippen LogP contribution in [0.2, 0.25) is 0 Å². The molecule has 9 fully saturated rings. The predicted molar refractivity (Wildman–Crippen MR) is 173 cm³/mol. The number of ketones is 3. The first-order valence-corrected chi connectivity index (χ1v) is 19.7. The van der Waals surface area contributed by atoms with E-state index < -0.39 is 52.4 Å². The zero-order chi connectivity index (χ0) is 34.6. The van der Waals surface area contributed by atoms with E-state index in [1.165, 1.54) is 0 Å². The van der Waals surface area contributed by atoms with Gasteiger partial charge in [-0.1, -0.05) is 13.3 Å². The summed E-state index contributed by atoms with van der Waals surface area (Å²) in [5.74, 6) is -5.26. The van der Waals surface area contributed by atoms with Crippen LogP contribution in [0.1, 0.15) is 116 Å². The van der Waals surface area contributed by atoms with Crippen molar-refractivity contribution in [1.82, 2.24) is 0 Å². The van der Waals surface area contributed by atoms with E-state index in [0.717, 1.165) is 38.5 Å². The molecule has 9 aliphatic rings. The van der Waals surface area contributed by atoms with E-state index in [-0.39, 0.29) is 66.6 Å². The Balaban J connectivity index is 0.939. The minimum absolute atomic E-state index is 0.0135. The number of carbonyl (C=O) groups is 3. The molecule has 0 amide bonds. The Morgan fingerprint density at radius 3 is 1.78 bits per heavy atom. The van der Waals surface area contributed by atoms with Crippen LogP contribution in [0.25, 0.3) is 0 Å². The molecule has 3 aliphatic heterocycles. The van der Waals surface area contributed by atoms with Crippen LogP contribution in [0.5, 0.6) is 0 Å². The Hall–Kier alpha value is -1.37. The van der Waals surface area contributed by atoms with Crippen LogP contribution in [-0.2, 0) is 42.8 Å². The van der Waals surface area contributed by atoms with Crippen LogP contribution in [0.15, 0.2) is 0 Å². The van der Waals surface area contributed by atoms with Crippen molar-refractivity contribution in [2.24, 2.45) is 45.8 Å². The molecule has 50 heavy (non-hydrogen) atoms. The van der Waals surface area contributed by atoms with Gasteiger partial charge in [-0.3, -0.25) is 14.4 Å². The standard InChI is InChI=1S/C39H54F2O9/c1-25-20-34(32(44)19-29(25)27-5-10-35(39(23-27)49-16-17-50-39)24-36(40,41)11-6-30(35)42)9-4-26(22-38(34)47-14-15-48-38)28-18-31(43)33(21-28)7-2-3-8-37(33)45-12-13-46-37/h25-29H,2-24H2,1H3. The molecular formula is C39H54F2O9. The lowest BCUT2D eigenvalue weighted by Gasteiger charge is -2.58. The molecule has 0 bridgehead atoms. The van der Waals surface area contributed by atoms with E-state index in [9.17, 15) is 23.2 Å². The predicted octanol–water partition coefficient (Wildman–Crippen LogP) is 6.33.